The van der Waals surface area contributed by atoms with Crippen LogP contribution in [-0.2, 0) is 14.4 Å². The summed E-state index contributed by atoms with van der Waals surface area (Å²) in [6.45, 7) is 0. The number of rotatable bonds is 3. The normalized spacial score (nSPS) is 23.2. The molecule has 0 bridgehead atoms. The zero-order valence-electron chi connectivity index (χ0n) is 15.5. The van der Waals surface area contributed by atoms with E-state index in [1.807, 2.05) is 36.4 Å². The molecule has 2 aromatic carbocycles. The predicted molar refractivity (Wildman–Crippen MR) is 113 cm³/mol. The van der Waals surface area contributed by atoms with Crippen molar-refractivity contribution in [2.45, 2.75) is 12.1 Å². The van der Waals surface area contributed by atoms with Crippen LogP contribution < -0.4 is 9.96 Å². The van der Waals surface area contributed by atoms with Gasteiger partial charge >= 0.3 is 0 Å². The third kappa shape index (κ3) is 2.96. The van der Waals surface area contributed by atoms with E-state index in [0.29, 0.717) is 10.7 Å². The van der Waals surface area contributed by atoms with E-state index in [0.717, 1.165) is 16.2 Å². The van der Waals surface area contributed by atoms with Crippen LogP contribution in [0, 0.1) is 5.92 Å². The lowest BCUT2D eigenvalue weighted by Gasteiger charge is -2.28. The van der Waals surface area contributed by atoms with Crippen molar-refractivity contribution in [1.82, 2.24) is 4.98 Å². The molecule has 3 heterocycles. The van der Waals surface area contributed by atoms with E-state index in [9.17, 15) is 9.59 Å². The highest BCUT2D eigenvalue weighted by Gasteiger charge is 2.60. The Kier molecular flexibility index (Phi) is 4.70. The number of hydroxylamine groups is 1. The smallest absolute Gasteiger partial charge is 0.266 e. The Bertz CT molecular complexity index is 1130. The molecule has 2 aliphatic heterocycles. The molecule has 5 rings (SSSR count). The molecule has 0 spiro atoms. The van der Waals surface area contributed by atoms with Gasteiger partial charge in [-0.15, -0.1) is 0 Å². The fraction of sp³-hybridized carbons (Fsp3) is 0.136. The Hall–Kier alpha value is -2.93. The average molecular weight is 440 g/mol. The summed E-state index contributed by atoms with van der Waals surface area (Å²) < 4.78 is 0. The topological polar surface area (TPSA) is 62.7 Å². The first-order valence-corrected chi connectivity index (χ1v) is 10.1. The molecule has 0 N–H and O–H groups in total. The number of para-hydroxylation sites is 1. The van der Waals surface area contributed by atoms with Gasteiger partial charge in [0.25, 0.3) is 5.91 Å². The van der Waals surface area contributed by atoms with Crippen molar-refractivity contribution in [2.24, 2.45) is 5.92 Å². The molecule has 3 aromatic rings. The molecule has 1 aromatic heterocycles. The number of hydrogen-bond donors (Lipinski definition) is 0. The van der Waals surface area contributed by atoms with Crippen LogP contribution in [0.15, 0.2) is 73.1 Å². The molecular formula is C22H15Cl2N3O3. The molecule has 2 fully saturated rings. The number of hydrogen-bond acceptors (Lipinski definition) is 5. The van der Waals surface area contributed by atoms with E-state index in [-0.39, 0.29) is 10.9 Å². The largest absolute Gasteiger partial charge is 0.273 e. The van der Waals surface area contributed by atoms with E-state index in [1.165, 1.54) is 6.07 Å². The minimum atomic E-state index is -0.947. The number of carbonyl (C=O) groups is 2. The number of carbonyl (C=O) groups excluding carboxylic acids is 2. The highest BCUT2D eigenvalue weighted by atomic mass is 35.5. The van der Waals surface area contributed by atoms with Crippen molar-refractivity contribution in [3.63, 3.8) is 0 Å². The predicted octanol–water partition coefficient (Wildman–Crippen LogP) is 4.44. The van der Waals surface area contributed by atoms with Crippen LogP contribution in [0.3, 0.4) is 0 Å². The fourth-order valence-electron chi connectivity index (χ4n) is 3.98. The number of imide groups is 1. The van der Waals surface area contributed by atoms with Gasteiger partial charge in [-0.2, -0.15) is 0 Å². The fourth-order valence-corrected chi connectivity index (χ4v) is 4.27. The van der Waals surface area contributed by atoms with Gasteiger partial charge in [0.1, 0.15) is 5.92 Å². The number of aromatic nitrogens is 1. The van der Waals surface area contributed by atoms with Crippen LogP contribution in [-0.4, -0.2) is 22.9 Å². The Morgan fingerprint density at radius 2 is 1.67 bits per heavy atom. The molecule has 2 saturated heterocycles. The van der Waals surface area contributed by atoms with Crippen LogP contribution >= 0.6 is 23.2 Å². The number of halogens is 2. The summed E-state index contributed by atoms with van der Waals surface area (Å²) in [5.41, 5.74) is 1.90. The molecule has 150 valence electrons. The Labute approximate surface area is 182 Å². The minimum Gasteiger partial charge on any atom is -0.273 e. The summed E-state index contributed by atoms with van der Waals surface area (Å²) in [6, 6.07) is 17.2. The van der Waals surface area contributed by atoms with Crippen molar-refractivity contribution in [3.05, 3.63) is 88.7 Å². The van der Waals surface area contributed by atoms with E-state index in [4.69, 9.17) is 28.0 Å². The molecule has 0 aliphatic carbocycles. The SMILES string of the molecule is O=C1[C@H]2[C@@H](c3cccnc3)N(c3ccccc3)O[C@H]2C(=O)N1c1ccc(Cl)c(Cl)c1. The van der Waals surface area contributed by atoms with E-state index < -0.39 is 24.0 Å². The average Bonchev–Trinajstić information content (AvgIpc) is 3.28. The van der Waals surface area contributed by atoms with Crippen molar-refractivity contribution < 1.29 is 14.4 Å². The lowest BCUT2D eigenvalue weighted by atomic mass is 9.91. The maximum Gasteiger partial charge on any atom is 0.266 e. The second kappa shape index (κ2) is 7.40. The van der Waals surface area contributed by atoms with Crippen LogP contribution in [0.25, 0.3) is 0 Å². The summed E-state index contributed by atoms with van der Waals surface area (Å²) in [7, 11) is 0. The molecule has 0 saturated carbocycles. The first-order chi connectivity index (χ1) is 14.6. The monoisotopic (exact) mass is 439 g/mol. The standard InChI is InChI=1S/C22H15Cl2N3O3/c23-16-9-8-15(11-17(16)24)26-21(28)18-19(13-5-4-10-25-12-13)27(30-20(18)22(26)29)14-6-2-1-3-7-14/h1-12,18-20H/t18-,19+,20+/m0/s1. The summed E-state index contributed by atoms with van der Waals surface area (Å²) in [4.78, 5) is 38.0. The molecule has 2 amide bonds. The first-order valence-electron chi connectivity index (χ1n) is 9.30. The lowest BCUT2D eigenvalue weighted by molar-refractivity contribution is -0.126. The zero-order chi connectivity index (χ0) is 20.8. The van der Waals surface area contributed by atoms with Crippen LogP contribution in [0.5, 0.6) is 0 Å². The van der Waals surface area contributed by atoms with Gasteiger partial charge in [0.05, 0.1) is 27.5 Å². The summed E-state index contributed by atoms with van der Waals surface area (Å²) in [5.74, 6) is -1.51. The first kappa shape index (κ1) is 19.1. The van der Waals surface area contributed by atoms with Crippen LogP contribution in [0.2, 0.25) is 10.0 Å². The molecule has 30 heavy (non-hydrogen) atoms. The number of benzene rings is 2. The quantitative estimate of drug-likeness (QED) is 0.564. The number of anilines is 2. The highest BCUT2D eigenvalue weighted by Crippen LogP contribution is 2.47. The van der Waals surface area contributed by atoms with E-state index in [2.05, 4.69) is 4.98 Å². The third-order valence-electron chi connectivity index (χ3n) is 5.31. The van der Waals surface area contributed by atoms with Gasteiger partial charge in [0.2, 0.25) is 5.91 Å². The molecule has 0 unspecified atom stereocenters. The zero-order valence-corrected chi connectivity index (χ0v) is 17.0. The van der Waals surface area contributed by atoms with Gasteiger partial charge in [-0.25, -0.2) is 9.96 Å². The second-order valence-electron chi connectivity index (χ2n) is 7.05. The van der Waals surface area contributed by atoms with E-state index >= 15 is 0 Å². The number of fused-ring (bicyclic) bond motifs is 1. The van der Waals surface area contributed by atoms with Gasteiger partial charge in [-0.05, 0) is 42.0 Å². The third-order valence-corrected chi connectivity index (χ3v) is 6.05. The molecule has 3 atom stereocenters. The summed E-state index contributed by atoms with van der Waals surface area (Å²) in [5, 5.41) is 2.25. The Balaban J connectivity index is 1.58. The summed E-state index contributed by atoms with van der Waals surface area (Å²) in [6.07, 6.45) is 2.40. The van der Waals surface area contributed by atoms with Crippen molar-refractivity contribution in [3.8, 4) is 0 Å². The summed E-state index contributed by atoms with van der Waals surface area (Å²) >= 11 is 12.1. The maximum absolute atomic E-state index is 13.5. The molecule has 6 nitrogen and oxygen atoms in total. The van der Waals surface area contributed by atoms with Gasteiger partial charge in [0.15, 0.2) is 6.10 Å². The van der Waals surface area contributed by atoms with Crippen molar-refractivity contribution in [2.75, 3.05) is 9.96 Å². The van der Waals surface area contributed by atoms with E-state index in [1.54, 1.807) is 35.7 Å². The highest BCUT2D eigenvalue weighted by molar-refractivity contribution is 6.42. The molecule has 0 radical (unpaired) electrons. The van der Waals surface area contributed by atoms with Crippen molar-refractivity contribution in [1.29, 1.82) is 0 Å². The Morgan fingerprint density at radius 3 is 2.37 bits per heavy atom. The van der Waals surface area contributed by atoms with Crippen molar-refractivity contribution >= 4 is 46.4 Å². The van der Waals surface area contributed by atoms with Crippen LogP contribution in [0.4, 0.5) is 11.4 Å². The minimum absolute atomic E-state index is 0.266. The van der Waals surface area contributed by atoms with Gasteiger partial charge in [-0.1, -0.05) is 47.5 Å². The van der Waals surface area contributed by atoms with Gasteiger partial charge < -0.3 is 0 Å². The number of nitrogens with zero attached hydrogens (tertiary/aromatic N) is 3. The number of amides is 2. The second-order valence-corrected chi connectivity index (χ2v) is 7.87. The molecule has 2 aliphatic rings. The van der Waals surface area contributed by atoms with Gasteiger partial charge in [0, 0.05) is 12.4 Å². The molecule has 8 heteroatoms. The van der Waals surface area contributed by atoms with Gasteiger partial charge in [-0.3, -0.25) is 19.4 Å². The Morgan fingerprint density at radius 1 is 0.867 bits per heavy atom. The lowest BCUT2D eigenvalue weighted by Crippen LogP contribution is -2.37. The molecular weight excluding hydrogens is 425 g/mol. The maximum atomic E-state index is 13.5. The number of pyridine rings is 1. The van der Waals surface area contributed by atoms with Crippen LogP contribution in [0.1, 0.15) is 11.6 Å².